The van der Waals surface area contributed by atoms with Crippen molar-refractivity contribution in [2.75, 3.05) is 0 Å². The second-order valence-corrected chi connectivity index (χ2v) is 5.28. The van der Waals surface area contributed by atoms with Gasteiger partial charge in [0.25, 0.3) is 0 Å². The summed E-state index contributed by atoms with van der Waals surface area (Å²) in [7, 11) is 0. The first-order chi connectivity index (χ1) is 9.54. The van der Waals surface area contributed by atoms with E-state index in [1.165, 1.54) is 35.6 Å². The van der Waals surface area contributed by atoms with Crippen LogP contribution in [0.3, 0.4) is 0 Å². The number of halogens is 2. The van der Waals surface area contributed by atoms with E-state index in [1.807, 2.05) is 11.4 Å². The molecule has 3 nitrogen and oxygen atoms in total. The molecule has 6 heteroatoms. The lowest BCUT2D eigenvalue weighted by Crippen LogP contribution is -1.93. The second kappa shape index (κ2) is 6.54. The number of carboxylic acid groups (broad SMARTS) is 1. The summed E-state index contributed by atoms with van der Waals surface area (Å²) in [5, 5.41) is 10.6. The molecule has 1 aromatic heterocycles. The fourth-order valence-electron chi connectivity index (χ4n) is 1.47. The van der Waals surface area contributed by atoms with Crippen LogP contribution in [0.15, 0.2) is 35.7 Å². The van der Waals surface area contributed by atoms with E-state index in [0.717, 1.165) is 16.5 Å². The molecule has 0 bridgehead atoms. The van der Waals surface area contributed by atoms with E-state index in [0.29, 0.717) is 5.75 Å². The molecule has 0 unspecified atom stereocenters. The molecule has 0 aliphatic heterocycles. The predicted molar refractivity (Wildman–Crippen MR) is 76.7 cm³/mol. The average Bonchev–Trinajstić information content (AvgIpc) is 2.83. The fraction of sp³-hybridized carbons (Fsp3) is 0.0714. The maximum Gasteiger partial charge on any atom is 0.328 e. The zero-order valence-electron chi connectivity index (χ0n) is 10.2. The Balaban J connectivity index is 1.99. The highest BCUT2D eigenvalue weighted by Crippen LogP contribution is 2.26. The first-order valence-corrected chi connectivity index (χ1v) is 6.86. The molecule has 2 rings (SSSR count). The molecular formula is C14H10ClFO3S. The van der Waals surface area contributed by atoms with E-state index in [2.05, 4.69) is 0 Å². The van der Waals surface area contributed by atoms with Crippen LogP contribution in [-0.2, 0) is 11.4 Å². The number of ether oxygens (including phenoxy) is 1. The molecule has 0 fully saturated rings. The van der Waals surface area contributed by atoms with Gasteiger partial charge in [-0.15, -0.1) is 11.3 Å². The van der Waals surface area contributed by atoms with E-state index in [-0.39, 0.29) is 11.6 Å². The second-order valence-electron chi connectivity index (χ2n) is 3.88. The summed E-state index contributed by atoms with van der Waals surface area (Å²) in [4.78, 5) is 11.3. The van der Waals surface area contributed by atoms with Crippen LogP contribution in [0.5, 0.6) is 5.75 Å². The summed E-state index contributed by atoms with van der Waals surface area (Å²) < 4.78 is 18.4. The van der Waals surface area contributed by atoms with Gasteiger partial charge in [0.2, 0.25) is 0 Å². The number of carboxylic acids is 1. The molecule has 0 saturated heterocycles. The number of carbonyl (C=O) groups is 1. The third kappa shape index (κ3) is 4.08. The summed E-state index contributed by atoms with van der Waals surface area (Å²) in [6.45, 7) is 0.289. The molecule has 2 aromatic rings. The van der Waals surface area contributed by atoms with Crippen molar-refractivity contribution in [3.05, 3.63) is 57.0 Å². The molecule has 0 saturated carbocycles. The average molecular weight is 313 g/mol. The van der Waals surface area contributed by atoms with Crippen molar-refractivity contribution in [3.8, 4) is 5.75 Å². The summed E-state index contributed by atoms with van der Waals surface area (Å²) in [5.74, 6) is -1.00. The number of hydrogen-bond acceptors (Lipinski definition) is 3. The lowest BCUT2D eigenvalue weighted by Gasteiger charge is -2.06. The third-order valence-corrected chi connectivity index (χ3v) is 3.58. The molecule has 20 heavy (non-hydrogen) atoms. The minimum Gasteiger partial charge on any atom is -0.487 e. The first-order valence-electron chi connectivity index (χ1n) is 5.61. The van der Waals surface area contributed by atoms with Gasteiger partial charge in [0.1, 0.15) is 18.2 Å². The van der Waals surface area contributed by atoms with Crippen molar-refractivity contribution >= 4 is 35.0 Å². The van der Waals surface area contributed by atoms with Gasteiger partial charge in [-0.05, 0) is 41.3 Å². The molecule has 104 valence electrons. The third-order valence-electron chi connectivity index (χ3n) is 2.36. The number of hydrogen-bond donors (Lipinski definition) is 1. The minimum absolute atomic E-state index is 0.215. The van der Waals surface area contributed by atoms with Crippen LogP contribution < -0.4 is 4.74 Å². The van der Waals surface area contributed by atoms with Gasteiger partial charge in [0.05, 0.1) is 5.02 Å². The van der Waals surface area contributed by atoms with Crippen LogP contribution in [0.4, 0.5) is 4.39 Å². The maximum absolute atomic E-state index is 12.9. The van der Waals surface area contributed by atoms with E-state index in [4.69, 9.17) is 21.4 Å². The Kier molecular flexibility index (Phi) is 4.76. The van der Waals surface area contributed by atoms with Crippen molar-refractivity contribution in [1.29, 1.82) is 0 Å². The zero-order chi connectivity index (χ0) is 14.5. The van der Waals surface area contributed by atoms with Gasteiger partial charge in [0.15, 0.2) is 0 Å². The summed E-state index contributed by atoms with van der Waals surface area (Å²) in [5.41, 5.74) is 0.793. The highest BCUT2D eigenvalue weighted by atomic mass is 35.5. The highest BCUT2D eigenvalue weighted by Gasteiger charge is 2.05. The summed E-state index contributed by atoms with van der Waals surface area (Å²) in [6.07, 6.45) is 2.58. The molecule has 0 aliphatic carbocycles. The Hall–Kier alpha value is -1.85. The monoisotopic (exact) mass is 312 g/mol. The van der Waals surface area contributed by atoms with Crippen LogP contribution in [-0.4, -0.2) is 11.1 Å². The van der Waals surface area contributed by atoms with E-state index >= 15 is 0 Å². The lowest BCUT2D eigenvalue weighted by molar-refractivity contribution is -0.131. The van der Waals surface area contributed by atoms with E-state index in [1.54, 1.807) is 0 Å². The van der Waals surface area contributed by atoms with Crippen molar-refractivity contribution in [1.82, 2.24) is 0 Å². The number of aliphatic carboxylic acids is 1. The Morgan fingerprint density at radius 3 is 2.95 bits per heavy atom. The van der Waals surface area contributed by atoms with Gasteiger partial charge >= 0.3 is 5.97 Å². The van der Waals surface area contributed by atoms with Crippen LogP contribution in [0.25, 0.3) is 6.08 Å². The standard InChI is InChI=1S/C14H10ClFO3S/c15-12-6-10(16)2-3-13(12)19-7-11-5-9(8-20-11)1-4-14(17)18/h1-6,8H,7H2,(H,17,18). The van der Waals surface area contributed by atoms with Gasteiger partial charge in [-0.1, -0.05) is 11.6 Å². The molecule has 0 aliphatic rings. The zero-order valence-corrected chi connectivity index (χ0v) is 11.7. The number of thiophene rings is 1. The van der Waals surface area contributed by atoms with Crippen molar-refractivity contribution in [2.24, 2.45) is 0 Å². The van der Waals surface area contributed by atoms with Crippen LogP contribution in [0.1, 0.15) is 10.4 Å². The topological polar surface area (TPSA) is 46.5 Å². The van der Waals surface area contributed by atoms with Crippen molar-refractivity contribution in [3.63, 3.8) is 0 Å². The van der Waals surface area contributed by atoms with Gasteiger partial charge in [-0.2, -0.15) is 0 Å². The van der Waals surface area contributed by atoms with Crippen LogP contribution in [0.2, 0.25) is 5.02 Å². The van der Waals surface area contributed by atoms with Gasteiger partial charge < -0.3 is 9.84 Å². The van der Waals surface area contributed by atoms with Gasteiger partial charge in [-0.3, -0.25) is 0 Å². The summed E-state index contributed by atoms with van der Waals surface area (Å²) in [6, 6.07) is 5.75. The lowest BCUT2D eigenvalue weighted by atomic mass is 10.3. The summed E-state index contributed by atoms with van der Waals surface area (Å²) >= 11 is 7.29. The van der Waals surface area contributed by atoms with Crippen LogP contribution in [0, 0.1) is 5.82 Å². The van der Waals surface area contributed by atoms with Crippen LogP contribution >= 0.6 is 22.9 Å². The molecule has 0 radical (unpaired) electrons. The maximum atomic E-state index is 12.9. The fourth-order valence-corrected chi connectivity index (χ4v) is 2.46. The molecule has 1 aromatic carbocycles. The highest BCUT2D eigenvalue weighted by molar-refractivity contribution is 7.10. The van der Waals surface area contributed by atoms with Crippen molar-refractivity contribution in [2.45, 2.75) is 6.61 Å². The van der Waals surface area contributed by atoms with E-state index in [9.17, 15) is 9.18 Å². The molecular weight excluding hydrogens is 303 g/mol. The predicted octanol–water partition coefficient (Wildman–Crippen LogP) is 4.22. The minimum atomic E-state index is -0.993. The number of rotatable bonds is 5. The number of benzene rings is 1. The SMILES string of the molecule is O=C(O)C=Cc1csc(COc2ccc(F)cc2Cl)c1. The van der Waals surface area contributed by atoms with Gasteiger partial charge in [0, 0.05) is 11.0 Å². The molecule has 1 N–H and O–H groups in total. The van der Waals surface area contributed by atoms with Gasteiger partial charge in [-0.25, -0.2) is 9.18 Å². The van der Waals surface area contributed by atoms with E-state index < -0.39 is 11.8 Å². The Morgan fingerprint density at radius 2 is 2.25 bits per heavy atom. The molecule has 0 spiro atoms. The first kappa shape index (κ1) is 14.6. The smallest absolute Gasteiger partial charge is 0.328 e. The normalized spacial score (nSPS) is 10.9. The quantitative estimate of drug-likeness (QED) is 0.841. The Bertz CT molecular complexity index is 652. The Labute approximate surface area is 123 Å². The Morgan fingerprint density at radius 1 is 1.45 bits per heavy atom. The largest absolute Gasteiger partial charge is 0.487 e. The molecule has 0 amide bonds. The molecule has 0 atom stereocenters. The van der Waals surface area contributed by atoms with Crippen molar-refractivity contribution < 1.29 is 19.0 Å². The molecule has 1 heterocycles.